The molecule has 19 heavy (non-hydrogen) atoms. The van der Waals surface area contributed by atoms with Crippen molar-refractivity contribution in [2.75, 3.05) is 6.61 Å². The molecule has 0 atom stereocenters. The summed E-state index contributed by atoms with van der Waals surface area (Å²) >= 11 is 2.28. The Morgan fingerprint density at radius 1 is 1.47 bits per heavy atom. The van der Waals surface area contributed by atoms with E-state index in [0.717, 1.165) is 20.5 Å². The molecule has 2 heterocycles. The Balaban J connectivity index is 2.52. The largest absolute Gasteiger partial charge is 0.461 e. The lowest BCUT2D eigenvalue weighted by Gasteiger charge is -2.12. The van der Waals surface area contributed by atoms with Gasteiger partial charge in [0.2, 0.25) is 0 Å². The van der Waals surface area contributed by atoms with E-state index in [1.54, 1.807) is 19.2 Å². The molecule has 2 aromatic rings. The Hall–Kier alpha value is -1.37. The van der Waals surface area contributed by atoms with E-state index in [1.165, 1.54) is 0 Å². The summed E-state index contributed by atoms with van der Waals surface area (Å²) in [6, 6.07) is 3.58. The van der Waals surface area contributed by atoms with Crippen LogP contribution in [0.15, 0.2) is 24.5 Å². The van der Waals surface area contributed by atoms with E-state index >= 15 is 0 Å². The average Bonchev–Trinajstić information content (AvgIpc) is 2.85. The van der Waals surface area contributed by atoms with Crippen LogP contribution in [-0.2, 0) is 4.74 Å². The van der Waals surface area contributed by atoms with E-state index in [4.69, 9.17) is 4.74 Å². The summed E-state index contributed by atoms with van der Waals surface area (Å²) in [6.45, 7) is 6.17. The van der Waals surface area contributed by atoms with E-state index in [-0.39, 0.29) is 5.97 Å². The van der Waals surface area contributed by atoms with Crippen molar-refractivity contribution in [3.8, 4) is 5.69 Å². The molecule has 2 rings (SSSR count). The zero-order valence-corrected chi connectivity index (χ0v) is 13.3. The van der Waals surface area contributed by atoms with Gasteiger partial charge in [-0.1, -0.05) is 0 Å². The molecule has 0 aromatic carbocycles. The normalized spacial score (nSPS) is 10.5. The number of hydrogen-bond donors (Lipinski definition) is 0. The third kappa shape index (κ3) is 2.65. The predicted molar refractivity (Wildman–Crippen MR) is 81.7 cm³/mol. The van der Waals surface area contributed by atoms with Crippen molar-refractivity contribution in [3.05, 3.63) is 45.0 Å². The van der Waals surface area contributed by atoms with Crippen molar-refractivity contribution >= 4 is 28.6 Å². The van der Waals surface area contributed by atoms with Crippen LogP contribution in [0.25, 0.3) is 5.69 Å². The van der Waals surface area contributed by atoms with Crippen LogP contribution in [0, 0.1) is 17.4 Å². The van der Waals surface area contributed by atoms with Gasteiger partial charge in [-0.2, -0.15) is 0 Å². The van der Waals surface area contributed by atoms with Gasteiger partial charge in [-0.3, -0.25) is 4.98 Å². The Kier molecular flexibility index (Phi) is 4.24. The minimum Gasteiger partial charge on any atom is -0.461 e. The second-order valence-corrected chi connectivity index (χ2v) is 5.23. The number of carbonyl (C=O) groups excluding carboxylic acids is 1. The molecule has 5 heteroatoms. The van der Waals surface area contributed by atoms with Crippen LogP contribution in [0.3, 0.4) is 0 Å². The first-order valence-corrected chi connectivity index (χ1v) is 7.10. The van der Waals surface area contributed by atoms with Gasteiger partial charge in [0, 0.05) is 15.5 Å². The van der Waals surface area contributed by atoms with Crippen LogP contribution >= 0.6 is 22.6 Å². The van der Waals surface area contributed by atoms with Gasteiger partial charge in [0.25, 0.3) is 0 Å². The maximum atomic E-state index is 11.9. The molecule has 2 aromatic heterocycles. The number of nitrogens with zero attached hydrogens (tertiary/aromatic N) is 2. The molecule has 0 aliphatic heterocycles. The molecule has 0 aliphatic rings. The van der Waals surface area contributed by atoms with Gasteiger partial charge < -0.3 is 9.30 Å². The maximum absolute atomic E-state index is 11.9. The van der Waals surface area contributed by atoms with E-state index < -0.39 is 0 Å². The Morgan fingerprint density at radius 3 is 2.89 bits per heavy atom. The average molecular weight is 370 g/mol. The number of hydrogen-bond acceptors (Lipinski definition) is 3. The number of aromatic nitrogens is 2. The van der Waals surface area contributed by atoms with Crippen molar-refractivity contribution in [1.29, 1.82) is 0 Å². The standard InChI is InChI=1S/C14H15IN2O2/c1-4-19-14(18)11-6-5-7-17(11)12-8-16-10(3)9(2)13(12)15/h5-8H,4H2,1-3H3. The highest BCUT2D eigenvalue weighted by Gasteiger charge is 2.16. The highest BCUT2D eigenvalue weighted by atomic mass is 127. The van der Waals surface area contributed by atoms with Crippen molar-refractivity contribution in [2.45, 2.75) is 20.8 Å². The van der Waals surface area contributed by atoms with Crippen LogP contribution in [0.4, 0.5) is 0 Å². The number of halogens is 1. The van der Waals surface area contributed by atoms with Crippen molar-refractivity contribution < 1.29 is 9.53 Å². The molecular formula is C14H15IN2O2. The summed E-state index contributed by atoms with van der Waals surface area (Å²) in [4.78, 5) is 16.3. The number of pyridine rings is 1. The molecule has 0 fully saturated rings. The molecule has 0 bridgehead atoms. The van der Waals surface area contributed by atoms with Crippen LogP contribution in [-0.4, -0.2) is 22.1 Å². The first-order chi connectivity index (χ1) is 9.06. The lowest BCUT2D eigenvalue weighted by molar-refractivity contribution is 0.0517. The minimum atomic E-state index is -0.318. The van der Waals surface area contributed by atoms with Gasteiger partial charge in [0.15, 0.2) is 0 Å². The number of rotatable bonds is 3. The fraction of sp³-hybridized carbons (Fsp3) is 0.286. The van der Waals surface area contributed by atoms with Crippen molar-refractivity contribution in [2.24, 2.45) is 0 Å². The number of esters is 1. The van der Waals surface area contributed by atoms with Crippen LogP contribution in [0.2, 0.25) is 0 Å². The molecule has 0 N–H and O–H groups in total. The van der Waals surface area contributed by atoms with Gasteiger partial charge in [-0.25, -0.2) is 4.79 Å². The van der Waals surface area contributed by atoms with Gasteiger partial charge in [-0.05, 0) is 61.1 Å². The van der Waals surface area contributed by atoms with Gasteiger partial charge in [-0.15, -0.1) is 0 Å². The monoisotopic (exact) mass is 370 g/mol. The molecular weight excluding hydrogens is 355 g/mol. The van der Waals surface area contributed by atoms with Crippen molar-refractivity contribution in [3.63, 3.8) is 0 Å². The fourth-order valence-electron chi connectivity index (χ4n) is 1.79. The Morgan fingerprint density at radius 2 is 2.21 bits per heavy atom. The molecule has 4 nitrogen and oxygen atoms in total. The molecule has 100 valence electrons. The van der Waals surface area contributed by atoms with E-state index in [1.807, 2.05) is 30.7 Å². The van der Waals surface area contributed by atoms with Crippen LogP contribution in [0.1, 0.15) is 28.7 Å². The van der Waals surface area contributed by atoms with Gasteiger partial charge in [0.05, 0.1) is 18.5 Å². The summed E-state index contributed by atoms with van der Waals surface area (Å²) in [5.74, 6) is -0.318. The van der Waals surface area contributed by atoms with Crippen molar-refractivity contribution in [1.82, 2.24) is 9.55 Å². The molecule has 0 unspecified atom stereocenters. The highest BCUT2D eigenvalue weighted by Crippen LogP contribution is 2.23. The second-order valence-electron chi connectivity index (χ2n) is 4.15. The number of carbonyl (C=O) groups is 1. The lowest BCUT2D eigenvalue weighted by atomic mass is 10.2. The third-order valence-corrected chi connectivity index (χ3v) is 4.33. The molecule has 0 saturated heterocycles. The fourth-order valence-corrected chi connectivity index (χ4v) is 2.58. The quantitative estimate of drug-likeness (QED) is 0.615. The first kappa shape index (κ1) is 14.0. The highest BCUT2D eigenvalue weighted by molar-refractivity contribution is 14.1. The van der Waals surface area contributed by atoms with Crippen LogP contribution in [0.5, 0.6) is 0 Å². The predicted octanol–water partition coefficient (Wildman–Crippen LogP) is 3.27. The van der Waals surface area contributed by atoms with Gasteiger partial charge in [0.1, 0.15) is 5.69 Å². The second kappa shape index (κ2) is 5.73. The summed E-state index contributed by atoms with van der Waals surface area (Å²) in [5.41, 5.74) is 3.54. The lowest BCUT2D eigenvalue weighted by Crippen LogP contribution is -2.12. The topological polar surface area (TPSA) is 44.1 Å². The molecule has 0 radical (unpaired) electrons. The minimum absolute atomic E-state index is 0.318. The zero-order chi connectivity index (χ0) is 14.0. The van der Waals surface area contributed by atoms with E-state index in [2.05, 4.69) is 27.6 Å². The van der Waals surface area contributed by atoms with Gasteiger partial charge >= 0.3 is 5.97 Å². The summed E-state index contributed by atoms with van der Waals surface area (Å²) in [6.07, 6.45) is 3.63. The smallest absolute Gasteiger partial charge is 0.355 e. The third-order valence-electron chi connectivity index (χ3n) is 2.97. The van der Waals surface area contributed by atoms with Crippen LogP contribution < -0.4 is 0 Å². The summed E-state index contributed by atoms with van der Waals surface area (Å²) in [5, 5.41) is 0. The summed E-state index contributed by atoms with van der Waals surface area (Å²) < 4.78 is 7.97. The SMILES string of the molecule is CCOC(=O)c1cccn1-c1cnc(C)c(C)c1I. The number of ether oxygens (including phenoxy) is 1. The Bertz CT molecular complexity index is 620. The molecule has 0 saturated carbocycles. The Labute approximate surface area is 125 Å². The van der Waals surface area contributed by atoms with E-state index in [9.17, 15) is 4.79 Å². The molecule has 0 amide bonds. The zero-order valence-electron chi connectivity index (χ0n) is 11.1. The molecule has 0 aliphatic carbocycles. The first-order valence-electron chi connectivity index (χ1n) is 6.02. The summed E-state index contributed by atoms with van der Waals surface area (Å²) in [7, 11) is 0. The van der Waals surface area contributed by atoms with E-state index in [0.29, 0.717) is 12.3 Å². The number of aryl methyl sites for hydroxylation is 1. The molecule has 0 spiro atoms. The maximum Gasteiger partial charge on any atom is 0.355 e.